The van der Waals surface area contributed by atoms with Gasteiger partial charge < -0.3 is 16.2 Å². The SMILES string of the molecule is COC(=O)c1cccc(-c2cccc(N3C(N)=NC(N)=NC34CCCCC4)c2)c1. The number of nitrogens with zero attached hydrogens (tertiary/aromatic N) is 3. The van der Waals surface area contributed by atoms with Crippen molar-refractivity contribution in [2.45, 2.75) is 37.8 Å². The summed E-state index contributed by atoms with van der Waals surface area (Å²) >= 11 is 0. The molecule has 0 bridgehead atoms. The molecule has 1 heterocycles. The molecule has 2 aromatic carbocycles. The highest BCUT2D eigenvalue weighted by molar-refractivity contribution is 6.06. The molecule has 7 heteroatoms. The second-order valence-electron chi connectivity index (χ2n) is 7.44. The number of rotatable bonds is 3. The van der Waals surface area contributed by atoms with Crippen LogP contribution in [0, 0.1) is 0 Å². The molecule has 0 saturated heterocycles. The van der Waals surface area contributed by atoms with Crippen LogP contribution < -0.4 is 16.4 Å². The van der Waals surface area contributed by atoms with Gasteiger partial charge in [0, 0.05) is 5.69 Å². The number of nitrogens with two attached hydrogens (primary N) is 2. The zero-order chi connectivity index (χ0) is 20.4. The van der Waals surface area contributed by atoms with Gasteiger partial charge in [-0.15, -0.1) is 0 Å². The van der Waals surface area contributed by atoms with Gasteiger partial charge in [-0.3, -0.25) is 4.90 Å². The molecule has 29 heavy (non-hydrogen) atoms. The third-order valence-electron chi connectivity index (χ3n) is 5.57. The number of carbonyl (C=O) groups excluding carboxylic acids is 1. The molecule has 4 rings (SSSR count). The molecule has 0 unspecified atom stereocenters. The van der Waals surface area contributed by atoms with Crippen LogP contribution in [0.1, 0.15) is 42.5 Å². The number of anilines is 1. The zero-order valence-corrected chi connectivity index (χ0v) is 16.5. The number of guanidine groups is 2. The first-order valence-electron chi connectivity index (χ1n) is 9.81. The first kappa shape index (κ1) is 19.0. The maximum Gasteiger partial charge on any atom is 0.337 e. The fraction of sp³-hybridized carbons (Fsp3) is 0.318. The van der Waals surface area contributed by atoms with Crippen molar-refractivity contribution in [1.82, 2.24) is 0 Å². The molecular formula is C22H25N5O2. The lowest BCUT2D eigenvalue weighted by atomic mass is 9.87. The number of ether oxygens (including phenoxy) is 1. The van der Waals surface area contributed by atoms with Gasteiger partial charge in [-0.1, -0.05) is 30.7 Å². The Bertz CT molecular complexity index is 992. The van der Waals surface area contributed by atoms with E-state index in [1.165, 1.54) is 13.5 Å². The van der Waals surface area contributed by atoms with Gasteiger partial charge in [0.2, 0.25) is 11.9 Å². The zero-order valence-electron chi connectivity index (χ0n) is 16.5. The molecular weight excluding hydrogens is 366 g/mol. The van der Waals surface area contributed by atoms with E-state index >= 15 is 0 Å². The topological polar surface area (TPSA) is 106 Å². The highest BCUT2D eigenvalue weighted by atomic mass is 16.5. The van der Waals surface area contributed by atoms with Crippen molar-refractivity contribution in [3.05, 3.63) is 54.1 Å². The van der Waals surface area contributed by atoms with Crippen LogP contribution in [0.2, 0.25) is 0 Å². The molecule has 4 N–H and O–H groups in total. The molecule has 0 radical (unpaired) electrons. The Morgan fingerprint density at radius 2 is 1.72 bits per heavy atom. The van der Waals surface area contributed by atoms with E-state index in [0.29, 0.717) is 11.5 Å². The highest BCUT2D eigenvalue weighted by Gasteiger charge is 2.42. The summed E-state index contributed by atoms with van der Waals surface area (Å²) in [5.74, 6) is 0.240. The standard InChI is InChI=1S/C22H25N5O2/c1-29-19(28)17-9-5-7-15(13-17)16-8-6-10-18(14-16)27-21(24)25-20(23)26-22(27)11-3-2-4-12-22/h5-10,13-14H,2-4,11-12H2,1H3,(H4,23,24,25,26). The summed E-state index contributed by atoms with van der Waals surface area (Å²) in [6.45, 7) is 0. The van der Waals surface area contributed by atoms with Crippen LogP contribution in [0.4, 0.5) is 5.69 Å². The molecule has 1 saturated carbocycles. The largest absolute Gasteiger partial charge is 0.465 e. The first-order valence-corrected chi connectivity index (χ1v) is 9.81. The number of hydrogen-bond donors (Lipinski definition) is 2. The van der Waals surface area contributed by atoms with E-state index in [-0.39, 0.29) is 11.9 Å². The number of benzene rings is 2. The van der Waals surface area contributed by atoms with Gasteiger partial charge in [-0.25, -0.2) is 9.79 Å². The Hall–Kier alpha value is -3.35. The minimum Gasteiger partial charge on any atom is -0.465 e. The molecule has 0 aromatic heterocycles. The van der Waals surface area contributed by atoms with Crippen LogP contribution in [0.3, 0.4) is 0 Å². The maximum atomic E-state index is 11.9. The number of hydrogen-bond acceptors (Lipinski definition) is 7. The summed E-state index contributed by atoms with van der Waals surface area (Å²) in [5.41, 5.74) is 15.1. The fourth-order valence-corrected chi connectivity index (χ4v) is 4.26. The van der Waals surface area contributed by atoms with Gasteiger partial charge in [-0.2, -0.15) is 4.99 Å². The smallest absolute Gasteiger partial charge is 0.337 e. The number of aliphatic imine (C=N–C) groups is 2. The Morgan fingerprint density at radius 3 is 2.45 bits per heavy atom. The Labute approximate surface area is 170 Å². The van der Waals surface area contributed by atoms with Gasteiger partial charge in [0.1, 0.15) is 5.66 Å². The first-order chi connectivity index (χ1) is 14.0. The van der Waals surface area contributed by atoms with Crippen molar-refractivity contribution in [1.29, 1.82) is 0 Å². The van der Waals surface area contributed by atoms with Crippen molar-refractivity contribution < 1.29 is 9.53 Å². The maximum absolute atomic E-state index is 11.9. The second-order valence-corrected chi connectivity index (χ2v) is 7.44. The summed E-state index contributed by atoms with van der Waals surface area (Å²) in [5, 5.41) is 0. The molecule has 1 aliphatic carbocycles. The van der Waals surface area contributed by atoms with E-state index in [1.807, 2.05) is 47.4 Å². The van der Waals surface area contributed by atoms with Crippen LogP contribution in [0.5, 0.6) is 0 Å². The summed E-state index contributed by atoms with van der Waals surface area (Å²) in [7, 11) is 1.38. The van der Waals surface area contributed by atoms with Gasteiger partial charge in [0.25, 0.3) is 0 Å². The van der Waals surface area contributed by atoms with E-state index < -0.39 is 5.66 Å². The normalized spacial score (nSPS) is 18.2. The third-order valence-corrected chi connectivity index (χ3v) is 5.57. The van der Waals surface area contributed by atoms with Crippen LogP contribution in [0.15, 0.2) is 58.5 Å². The molecule has 1 fully saturated rings. The van der Waals surface area contributed by atoms with Crippen molar-refractivity contribution in [2.24, 2.45) is 21.5 Å². The van der Waals surface area contributed by atoms with Crippen LogP contribution >= 0.6 is 0 Å². The summed E-state index contributed by atoms with van der Waals surface area (Å²) in [6, 6.07) is 15.4. The monoisotopic (exact) mass is 391 g/mol. The lowest BCUT2D eigenvalue weighted by Gasteiger charge is -2.45. The average Bonchev–Trinajstić information content (AvgIpc) is 2.73. The van der Waals surface area contributed by atoms with E-state index in [1.54, 1.807) is 6.07 Å². The second kappa shape index (κ2) is 7.58. The number of esters is 1. The van der Waals surface area contributed by atoms with Gasteiger partial charge in [0.05, 0.1) is 12.7 Å². The molecule has 2 aromatic rings. The molecule has 1 aliphatic heterocycles. The summed E-state index contributed by atoms with van der Waals surface area (Å²) < 4.78 is 4.84. The Balaban J connectivity index is 1.75. The highest BCUT2D eigenvalue weighted by Crippen LogP contribution is 2.40. The number of methoxy groups -OCH3 is 1. The Morgan fingerprint density at radius 1 is 1.03 bits per heavy atom. The lowest BCUT2D eigenvalue weighted by Crippen LogP contribution is -2.58. The Kier molecular flexibility index (Phi) is 4.96. The van der Waals surface area contributed by atoms with E-state index in [4.69, 9.17) is 21.2 Å². The predicted molar refractivity (Wildman–Crippen MR) is 115 cm³/mol. The molecule has 0 atom stereocenters. The van der Waals surface area contributed by atoms with Crippen LogP contribution in [-0.2, 0) is 4.74 Å². The van der Waals surface area contributed by atoms with Gasteiger partial charge in [-0.05, 0) is 61.1 Å². The lowest BCUT2D eigenvalue weighted by molar-refractivity contribution is 0.0601. The van der Waals surface area contributed by atoms with Gasteiger partial charge >= 0.3 is 5.97 Å². The summed E-state index contributed by atoms with van der Waals surface area (Å²) in [4.78, 5) is 22.9. The minimum atomic E-state index is -0.485. The van der Waals surface area contributed by atoms with Crippen molar-refractivity contribution in [2.75, 3.05) is 12.0 Å². The van der Waals surface area contributed by atoms with E-state index in [2.05, 4.69) is 4.99 Å². The van der Waals surface area contributed by atoms with E-state index in [9.17, 15) is 4.79 Å². The van der Waals surface area contributed by atoms with Crippen molar-refractivity contribution in [3.8, 4) is 11.1 Å². The van der Waals surface area contributed by atoms with Crippen molar-refractivity contribution in [3.63, 3.8) is 0 Å². The van der Waals surface area contributed by atoms with Gasteiger partial charge in [0.15, 0.2) is 0 Å². The molecule has 2 aliphatic rings. The fourth-order valence-electron chi connectivity index (χ4n) is 4.26. The predicted octanol–water partition coefficient (Wildman–Crippen LogP) is 3.25. The third kappa shape index (κ3) is 3.55. The summed E-state index contributed by atoms with van der Waals surface area (Å²) in [6.07, 6.45) is 5.09. The van der Waals surface area contributed by atoms with Crippen LogP contribution in [0.25, 0.3) is 11.1 Å². The minimum absolute atomic E-state index is 0.239. The molecule has 1 spiro atoms. The van der Waals surface area contributed by atoms with Crippen molar-refractivity contribution >= 4 is 23.6 Å². The quantitative estimate of drug-likeness (QED) is 0.781. The molecule has 7 nitrogen and oxygen atoms in total. The molecule has 0 amide bonds. The van der Waals surface area contributed by atoms with E-state index in [0.717, 1.165) is 42.5 Å². The molecule has 150 valence electrons. The van der Waals surface area contributed by atoms with Crippen LogP contribution in [-0.4, -0.2) is 30.7 Å². The average molecular weight is 391 g/mol. The number of carbonyl (C=O) groups is 1.